The van der Waals surface area contributed by atoms with Gasteiger partial charge < -0.3 is 10.4 Å². The van der Waals surface area contributed by atoms with Crippen molar-refractivity contribution < 1.29 is 9.90 Å². The zero-order chi connectivity index (χ0) is 15.5. The lowest BCUT2D eigenvalue weighted by Gasteiger charge is -2.56. The number of fused-ring (bicyclic) bond motifs is 5. The number of allylic oxidation sites excluding steroid dienone is 1. The first-order valence-corrected chi connectivity index (χ1v) is 9.12. The number of nitrogens with one attached hydrogen (secondary N) is 1. The van der Waals surface area contributed by atoms with E-state index in [2.05, 4.69) is 19.2 Å². The van der Waals surface area contributed by atoms with Crippen molar-refractivity contribution in [3.8, 4) is 0 Å². The second-order valence-corrected chi connectivity index (χ2v) is 8.68. The third-order valence-corrected chi connectivity index (χ3v) is 7.93. The molecule has 122 valence electrons. The maximum atomic E-state index is 11.9. The molecule has 0 spiro atoms. The van der Waals surface area contributed by atoms with Crippen LogP contribution in [0.5, 0.6) is 0 Å². The van der Waals surface area contributed by atoms with E-state index in [0.29, 0.717) is 11.8 Å². The van der Waals surface area contributed by atoms with E-state index in [4.69, 9.17) is 0 Å². The Morgan fingerprint density at radius 2 is 1.95 bits per heavy atom. The van der Waals surface area contributed by atoms with Gasteiger partial charge in [0.2, 0.25) is 5.91 Å². The fraction of sp³-hybridized carbons (Fsp3) is 0.842. The van der Waals surface area contributed by atoms with E-state index in [1.165, 1.54) is 24.8 Å². The normalized spacial score (nSPS) is 51.0. The summed E-state index contributed by atoms with van der Waals surface area (Å²) in [7, 11) is 0. The molecular weight excluding hydrogens is 274 g/mol. The molecule has 0 aromatic carbocycles. The molecule has 3 heteroatoms. The lowest BCUT2D eigenvalue weighted by Crippen LogP contribution is -2.50. The number of aliphatic hydroxyl groups excluding tert-OH is 1. The van der Waals surface area contributed by atoms with Gasteiger partial charge in [-0.05, 0) is 73.5 Å². The van der Waals surface area contributed by atoms with Gasteiger partial charge in [0.05, 0.1) is 6.10 Å². The van der Waals surface area contributed by atoms with E-state index >= 15 is 0 Å². The quantitative estimate of drug-likeness (QED) is 0.722. The molecule has 3 nitrogen and oxygen atoms in total. The Morgan fingerprint density at radius 1 is 1.14 bits per heavy atom. The molecule has 0 bridgehead atoms. The van der Waals surface area contributed by atoms with Gasteiger partial charge in [-0.3, -0.25) is 4.79 Å². The van der Waals surface area contributed by atoms with Crippen molar-refractivity contribution in [1.29, 1.82) is 0 Å². The summed E-state index contributed by atoms with van der Waals surface area (Å²) in [6.07, 6.45) is 9.74. The van der Waals surface area contributed by atoms with Gasteiger partial charge in [0.25, 0.3) is 0 Å². The Balaban J connectivity index is 1.69. The van der Waals surface area contributed by atoms with E-state index in [1.54, 1.807) is 0 Å². The van der Waals surface area contributed by atoms with Crippen LogP contribution in [-0.4, -0.2) is 23.7 Å². The molecule has 22 heavy (non-hydrogen) atoms. The Labute approximate surface area is 133 Å². The fourth-order valence-corrected chi connectivity index (χ4v) is 6.54. The van der Waals surface area contributed by atoms with Crippen molar-refractivity contribution in [3.05, 3.63) is 11.6 Å². The molecule has 1 amide bonds. The molecule has 1 unspecified atom stereocenters. The standard InChI is InChI=1S/C19H29NO2/c1-18-9-10-20-17(22)11-12(18)3-4-13-14-5-6-16(21)19(14,2)8-7-15(13)18/h11,13-16,21H,3-10H2,1-2H3,(H,20,22)/t13-,14-,15-,16?,18-,19-/m0/s1. The van der Waals surface area contributed by atoms with Crippen LogP contribution in [0.15, 0.2) is 11.6 Å². The van der Waals surface area contributed by atoms with Gasteiger partial charge >= 0.3 is 0 Å². The molecule has 2 N–H and O–H groups in total. The Kier molecular flexibility index (Phi) is 3.24. The third kappa shape index (κ3) is 1.87. The number of carbonyl (C=O) groups excluding carboxylic acids is 1. The molecule has 6 atom stereocenters. The smallest absolute Gasteiger partial charge is 0.243 e. The topological polar surface area (TPSA) is 49.3 Å². The Hall–Kier alpha value is -0.830. The minimum Gasteiger partial charge on any atom is -0.393 e. The van der Waals surface area contributed by atoms with Gasteiger partial charge in [-0.1, -0.05) is 19.4 Å². The third-order valence-electron chi connectivity index (χ3n) is 7.93. The van der Waals surface area contributed by atoms with Gasteiger partial charge in [-0.25, -0.2) is 0 Å². The van der Waals surface area contributed by atoms with Crippen molar-refractivity contribution in [2.75, 3.05) is 6.54 Å². The van der Waals surface area contributed by atoms with Crippen molar-refractivity contribution in [2.24, 2.45) is 28.6 Å². The molecule has 3 fully saturated rings. The van der Waals surface area contributed by atoms with E-state index in [1.807, 2.05) is 6.08 Å². The highest BCUT2D eigenvalue weighted by atomic mass is 16.3. The molecule has 1 aliphatic heterocycles. The van der Waals surface area contributed by atoms with Crippen LogP contribution in [0, 0.1) is 28.6 Å². The zero-order valence-corrected chi connectivity index (χ0v) is 13.9. The average molecular weight is 303 g/mol. The maximum Gasteiger partial charge on any atom is 0.243 e. The minimum absolute atomic E-state index is 0.0967. The number of rotatable bonds is 0. The minimum atomic E-state index is -0.0967. The van der Waals surface area contributed by atoms with Crippen LogP contribution < -0.4 is 5.32 Å². The number of hydrogen-bond donors (Lipinski definition) is 2. The summed E-state index contributed by atoms with van der Waals surface area (Å²) in [5.41, 5.74) is 1.74. The predicted molar refractivity (Wildman–Crippen MR) is 86.1 cm³/mol. The van der Waals surface area contributed by atoms with E-state index in [9.17, 15) is 9.90 Å². The van der Waals surface area contributed by atoms with Crippen molar-refractivity contribution in [2.45, 2.75) is 64.9 Å². The highest BCUT2D eigenvalue weighted by Crippen LogP contribution is 2.64. The fourth-order valence-electron chi connectivity index (χ4n) is 6.54. The molecule has 0 radical (unpaired) electrons. The lowest BCUT2D eigenvalue weighted by molar-refractivity contribution is -0.116. The Bertz CT molecular complexity index is 528. The van der Waals surface area contributed by atoms with Crippen LogP contribution in [0.25, 0.3) is 0 Å². The molecular formula is C19H29NO2. The second-order valence-electron chi connectivity index (χ2n) is 8.68. The molecule has 4 aliphatic rings. The van der Waals surface area contributed by atoms with Gasteiger partial charge in [0, 0.05) is 12.6 Å². The summed E-state index contributed by atoms with van der Waals surface area (Å²) in [4.78, 5) is 11.9. The summed E-state index contributed by atoms with van der Waals surface area (Å²) < 4.78 is 0. The number of carbonyl (C=O) groups is 1. The molecule has 3 saturated carbocycles. The van der Waals surface area contributed by atoms with E-state index in [0.717, 1.165) is 38.1 Å². The van der Waals surface area contributed by atoms with Crippen molar-refractivity contribution >= 4 is 5.91 Å². The van der Waals surface area contributed by atoms with Gasteiger partial charge in [0.15, 0.2) is 0 Å². The van der Waals surface area contributed by atoms with Crippen molar-refractivity contribution in [3.63, 3.8) is 0 Å². The molecule has 0 aromatic heterocycles. The molecule has 0 saturated heterocycles. The Morgan fingerprint density at radius 3 is 2.77 bits per heavy atom. The zero-order valence-electron chi connectivity index (χ0n) is 13.9. The highest BCUT2D eigenvalue weighted by molar-refractivity contribution is 5.88. The molecule has 4 rings (SSSR count). The molecule has 3 aliphatic carbocycles. The number of amides is 1. The van der Waals surface area contributed by atoms with E-state index < -0.39 is 0 Å². The summed E-state index contributed by atoms with van der Waals surface area (Å²) in [6.45, 7) is 5.55. The average Bonchev–Trinajstić information content (AvgIpc) is 2.68. The summed E-state index contributed by atoms with van der Waals surface area (Å²) in [5.74, 6) is 2.23. The SMILES string of the molecule is C[C@]12CCNC(=O)C=C1CC[C@@H]1[C@@H]2CC[C@]2(C)C(O)CC[C@@H]12. The van der Waals surface area contributed by atoms with Crippen molar-refractivity contribution in [1.82, 2.24) is 5.32 Å². The second kappa shape index (κ2) is 4.83. The van der Waals surface area contributed by atoms with Crippen LogP contribution >= 0.6 is 0 Å². The molecule has 0 aromatic rings. The highest BCUT2D eigenvalue weighted by Gasteiger charge is 2.58. The van der Waals surface area contributed by atoms with Gasteiger partial charge in [-0.15, -0.1) is 0 Å². The van der Waals surface area contributed by atoms with E-state index in [-0.39, 0.29) is 22.8 Å². The predicted octanol–water partition coefficient (Wildman–Crippen LogP) is 3.04. The maximum absolute atomic E-state index is 11.9. The first-order valence-electron chi connectivity index (χ1n) is 9.12. The first-order chi connectivity index (χ1) is 10.4. The number of hydrogen-bond acceptors (Lipinski definition) is 2. The summed E-state index contributed by atoms with van der Waals surface area (Å²) in [6, 6.07) is 0. The van der Waals surface area contributed by atoms with Crippen LogP contribution in [-0.2, 0) is 4.79 Å². The monoisotopic (exact) mass is 303 g/mol. The first kappa shape index (κ1) is 14.7. The summed E-state index contributed by atoms with van der Waals surface area (Å²) >= 11 is 0. The van der Waals surface area contributed by atoms with Gasteiger partial charge in [-0.2, -0.15) is 0 Å². The lowest BCUT2D eigenvalue weighted by atomic mass is 9.48. The van der Waals surface area contributed by atoms with Gasteiger partial charge in [0.1, 0.15) is 0 Å². The largest absolute Gasteiger partial charge is 0.393 e. The van der Waals surface area contributed by atoms with Crippen LogP contribution in [0.2, 0.25) is 0 Å². The van der Waals surface area contributed by atoms with Crippen LogP contribution in [0.4, 0.5) is 0 Å². The molecule has 1 heterocycles. The number of aliphatic hydroxyl groups is 1. The van der Waals surface area contributed by atoms with Crippen LogP contribution in [0.1, 0.15) is 58.8 Å². The van der Waals surface area contributed by atoms with Crippen LogP contribution in [0.3, 0.4) is 0 Å². The summed E-state index contributed by atoms with van der Waals surface area (Å²) in [5, 5.41) is 13.5.